The van der Waals surface area contributed by atoms with Gasteiger partial charge in [0.1, 0.15) is 11.2 Å². The van der Waals surface area contributed by atoms with Crippen molar-refractivity contribution in [2.24, 2.45) is 5.92 Å². The van der Waals surface area contributed by atoms with E-state index in [4.69, 9.17) is 9.47 Å². The molecular formula is C21H37N3O6. The molecule has 2 saturated heterocycles. The van der Waals surface area contributed by atoms with E-state index in [9.17, 15) is 19.5 Å². The van der Waals surface area contributed by atoms with Gasteiger partial charge in [0.15, 0.2) is 0 Å². The number of carboxylic acid groups (broad SMARTS) is 1. The van der Waals surface area contributed by atoms with Crippen LogP contribution in [0.5, 0.6) is 0 Å². The van der Waals surface area contributed by atoms with Gasteiger partial charge in [0.25, 0.3) is 0 Å². The zero-order chi connectivity index (χ0) is 22.9. The number of carbonyl (C=O) groups excluding carboxylic acids is 2. The molecule has 3 atom stereocenters. The van der Waals surface area contributed by atoms with Crippen molar-refractivity contribution in [1.29, 1.82) is 0 Å². The van der Waals surface area contributed by atoms with Crippen LogP contribution >= 0.6 is 0 Å². The lowest BCUT2D eigenvalue weighted by atomic mass is 9.92. The van der Waals surface area contributed by atoms with E-state index in [0.717, 1.165) is 0 Å². The zero-order valence-electron chi connectivity index (χ0n) is 19.3. The highest BCUT2D eigenvalue weighted by atomic mass is 16.6. The summed E-state index contributed by atoms with van der Waals surface area (Å²) in [6.45, 7) is 15.0. The monoisotopic (exact) mass is 427 g/mol. The SMILES string of the molecule is C[C@H]1CN(C(=O)OC(C)(C)C)CCN1C1CC(C(=O)O)CN(C(=O)OC(C)(C)C)C1. The molecule has 2 unspecified atom stereocenters. The Balaban J connectivity index is 2.07. The minimum atomic E-state index is -0.909. The van der Waals surface area contributed by atoms with E-state index in [1.165, 1.54) is 4.90 Å². The van der Waals surface area contributed by atoms with Crippen molar-refractivity contribution in [3.8, 4) is 0 Å². The maximum atomic E-state index is 12.6. The predicted molar refractivity (Wildman–Crippen MR) is 111 cm³/mol. The Morgan fingerprint density at radius 2 is 1.37 bits per heavy atom. The third-order valence-electron chi connectivity index (χ3n) is 5.23. The van der Waals surface area contributed by atoms with Crippen molar-refractivity contribution in [2.75, 3.05) is 32.7 Å². The van der Waals surface area contributed by atoms with Gasteiger partial charge in [-0.25, -0.2) is 9.59 Å². The molecule has 1 N–H and O–H groups in total. The van der Waals surface area contributed by atoms with Gasteiger partial charge in [-0.1, -0.05) is 0 Å². The van der Waals surface area contributed by atoms with Crippen molar-refractivity contribution in [3.63, 3.8) is 0 Å². The number of carboxylic acids is 1. The minimum absolute atomic E-state index is 0.0179. The van der Waals surface area contributed by atoms with Crippen LogP contribution in [0.2, 0.25) is 0 Å². The summed E-state index contributed by atoms with van der Waals surface area (Å²) in [4.78, 5) is 42.1. The standard InChI is InChI=1S/C21H37N3O6/c1-14-11-22(18(27)29-20(2,3)4)8-9-24(14)16-10-15(17(25)26)12-23(13-16)19(28)30-21(5,6)7/h14-16H,8-13H2,1-7H3,(H,25,26)/t14-,15?,16?/m0/s1. The summed E-state index contributed by atoms with van der Waals surface area (Å²) in [5.41, 5.74) is -1.20. The lowest BCUT2D eigenvalue weighted by Gasteiger charge is -2.47. The normalized spacial score (nSPS) is 26.3. The van der Waals surface area contributed by atoms with Crippen LogP contribution in [0.4, 0.5) is 9.59 Å². The molecule has 172 valence electrons. The molecule has 30 heavy (non-hydrogen) atoms. The molecule has 0 aromatic carbocycles. The van der Waals surface area contributed by atoms with Gasteiger partial charge in [0.05, 0.1) is 5.92 Å². The molecule has 2 heterocycles. The van der Waals surface area contributed by atoms with E-state index in [0.29, 0.717) is 32.6 Å². The summed E-state index contributed by atoms with van der Waals surface area (Å²) in [5, 5.41) is 9.61. The molecule has 2 fully saturated rings. The lowest BCUT2D eigenvalue weighted by molar-refractivity contribution is -0.144. The fraction of sp³-hybridized carbons (Fsp3) is 0.857. The molecule has 0 aliphatic carbocycles. The van der Waals surface area contributed by atoms with Crippen LogP contribution in [-0.4, -0.2) is 94.0 Å². The topological polar surface area (TPSA) is 99.6 Å². The molecule has 9 heteroatoms. The number of piperidine rings is 1. The van der Waals surface area contributed by atoms with E-state index in [-0.39, 0.29) is 24.7 Å². The molecule has 9 nitrogen and oxygen atoms in total. The second kappa shape index (κ2) is 8.99. The van der Waals surface area contributed by atoms with Crippen LogP contribution in [0.3, 0.4) is 0 Å². The second-order valence-electron chi connectivity index (χ2n) is 10.3. The third kappa shape index (κ3) is 6.75. The number of piperazine rings is 1. The first-order valence-corrected chi connectivity index (χ1v) is 10.6. The largest absolute Gasteiger partial charge is 0.481 e. The molecule has 2 aliphatic heterocycles. The highest BCUT2D eigenvalue weighted by Gasteiger charge is 2.41. The van der Waals surface area contributed by atoms with Crippen molar-refractivity contribution >= 4 is 18.2 Å². The first-order chi connectivity index (χ1) is 13.7. The quantitative estimate of drug-likeness (QED) is 0.723. The number of ether oxygens (including phenoxy) is 2. The Hall–Kier alpha value is -2.03. The molecule has 0 spiro atoms. The second-order valence-corrected chi connectivity index (χ2v) is 10.3. The fourth-order valence-corrected chi connectivity index (χ4v) is 3.97. The highest BCUT2D eigenvalue weighted by Crippen LogP contribution is 2.26. The van der Waals surface area contributed by atoms with Crippen LogP contribution < -0.4 is 0 Å². The number of rotatable bonds is 2. The molecule has 0 aromatic heterocycles. The summed E-state index contributed by atoms with van der Waals surface area (Å²) < 4.78 is 10.9. The molecule has 2 aliphatic rings. The summed E-state index contributed by atoms with van der Waals surface area (Å²) in [5.74, 6) is -1.55. The smallest absolute Gasteiger partial charge is 0.410 e. The van der Waals surface area contributed by atoms with Crippen molar-refractivity contribution in [2.45, 2.75) is 78.2 Å². The Morgan fingerprint density at radius 3 is 1.83 bits per heavy atom. The van der Waals surface area contributed by atoms with E-state index < -0.39 is 29.2 Å². The van der Waals surface area contributed by atoms with Crippen LogP contribution in [0.1, 0.15) is 54.9 Å². The Morgan fingerprint density at radius 1 is 0.833 bits per heavy atom. The Labute approximate surface area is 179 Å². The minimum Gasteiger partial charge on any atom is -0.481 e. The Bertz CT molecular complexity index is 654. The number of hydrogen-bond acceptors (Lipinski definition) is 6. The van der Waals surface area contributed by atoms with Crippen LogP contribution in [0, 0.1) is 5.92 Å². The van der Waals surface area contributed by atoms with Crippen LogP contribution in [0.15, 0.2) is 0 Å². The van der Waals surface area contributed by atoms with Gasteiger partial charge in [0, 0.05) is 44.8 Å². The van der Waals surface area contributed by atoms with E-state index >= 15 is 0 Å². The van der Waals surface area contributed by atoms with Gasteiger partial charge in [-0.2, -0.15) is 0 Å². The molecule has 0 radical (unpaired) electrons. The van der Waals surface area contributed by atoms with Gasteiger partial charge >= 0.3 is 18.2 Å². The van der Waals surface area contributed by atoms with Gasteiger partial charge in [-0.15, -0.1) is 0 Å². The summed E-state index contributed by atoms with van der Waals surface area (Å²) in [6, 6.07) is -0.0903. The molecule has 0 aromatic rings. The zero-order valence-corrected chi connectivity index (χ0v) is 19.3. The lowest BCUT2D eigenvalue weighted by Crippen LogP contribution is -2.62. The van der Waals surface area contributed by atoms with Crippen molar-refractivity contribution in [1.82, 2.24) is 14.7 Å². The van der Waals surface area contributed by atoms with Crippen LogP contribution in [0.25, 0.3) is 0 Å². The first kappa shape index (κ1) is 24.2. The number of amides is 2. The maximum absolute atomic E-state index is 12.6. The summed E-state index contributed by atoms with van der Waals surface area (Å²) in [6.07, 6.45) is -0.360. The van der Waals surface area contributed by atoms with Gasteiger partial charge in [-0.3, -0.25) is 9.69 Å². The fourth-order valence-electron chi connectivity index (χ4n) is 3.97. The molecule has 2 rings (SSSR count). The van der Waals surface area contributed by atoms with Crippen LogP contribution in [-0.2, 0) is 14.3 Å². The average molecular weight is 428 g/mol. The molecule has 0 bridgehead atoms. The number of carbonyl (C=O) groups is 3. The van der Waals surface area contributed by atoms with E-state index in [1.807, 2.05) is 27.7 Å². The van der Waals surface area contributed by atoms with Crippen molar-refractivity contribution in [3.05, 3.63) is 0 Å². The average Bonchev–Trinajstić information content (AvgIpc) is 2.58. The molecule has 2 amide bonds. The number of hydrogen-bond donors (Lipinski definition) is 1. The maximum Gasteiger partial charge on any atom is 0.410 e. The highest BCUT2D eigenvalue weighted by molar-refractivity contribution is 5.73. The molecule has 0 saturated carbocycles. The summed E-state index contributed by atoms with van der Waals surface area (Å²) >= 11 is 0. The van der Waals surface area contributed by atoms with Gasteiger partial charge < -0.3 is 24.4 Å². The van der Waals surface area contributed by atoms with Gasteiger partial charge in [0.2, 0.25) is 0 Å². The van der Waals surface area contributed by atoms with E-state index in [2.05, 4.69) is 4.90 Å². The first-order valence-electron chi connectivity index (χ1n) is 10.6. The Kier molecular flexibility index (Phi) is 7.27. The van der Waals surface area contributed by atoms with Gasteiger partial charge in [-0.05, 0) is 54.9 Å². The summed E-state index contributed by atoms with van der Waals surface area (Å²) in [7, 11) is 0. The molecular weight excluding hydrogens is 390 g/mol. The predicted octanol–water partition coefficient (Wildman–Crippen LogP) is 2.64. The third-order valence-corrected chi connectivity index (χ3v) is 5.23. The number of likely N-dealkylation sites (tertiary alicyclic amines) is 1. The van der Waals surface area contributed by atoms with Crippen molar-refractivity contribution < 1.29 is 29.0 Å². The number of aliphatic carboxylic acids is 1. The van der Waals surface area contributed by atoms with E-state index in [1.54, 1.807) is 25.7 Å². The number of nitrogens with zero attached hydrogens (tertiary/aromatic N) is 3.